The highest BCUT2D eigenvalue weighted by Crippen LogP contribution is 2.36. The van der Waals surface area contributed by atoms with Gasteiger partial charge in [0.05, 0.1) is 17.8 Å². The van der Waals surface area contributed by atoms with Crippen LogP contribution in [0.15, 0.2) is 64.2 Å². The van der Waals surface area contributed by atoms with Gasteiger partial charge in [-0.1, -0.05) is 18.2 Å². The van der Waals surface area contributed by atoms with Crippen molar-refractivity contribution in [1.82, 2.24) is 0 Å². The van der Waals surface area contributed by atoms with E-state index in [-0.39, 0.29) is 12.5 Å². The second-order valence-electron chi connectivity index (χ2n) is 6.92. The number of carbonyl (C=O) groups is 2. The lowest BCUT2D eigenvalue weighted by atomic mass is 10.0. The predicted octanol–water partition coefficient (Wildman–Crippen LogP) is 5.29. The van der Waals surface area contributed by atoms with Gasteiger partial charge in [-0.15, -0.1) is 11.8 Å². The lowest BCUT2D eigenvalue weighted by Gasteiger charge is -2.19. The molecule has 1 amide bonds. The first-order valence-electron chi connectivity index (χ1n) is 9.53. The molecule has 0 fully saturated rings. The number of thioether (sulfide) groups is 1. The molecule has 29 heavy (non-hydrogen) atoms. The Labute approximate surface area is 176 Å². The molecule has 0 radical (unpaired) electrons. The van der Waals surface area contributed by atoms with Crippen LogP contribution in [-0.4, -0.2) is 24.7 Å². The molecule has 0 saturated carbocycles. The molecule has 1 heterocycles. The molecule has 1 aliphatic heterocycles. The number of anilines is 1. The number of hydrogen-bond donors (Lipinski definition) is 0. The standard InChI is InChI=1S/C24H25NO3S/c1-6-28-24(27)22-17(4)25(19-10-7-15(2)16(3)13-19)23(26)21(22)14-18-8-11-20(29-5)12-9-18/h7-14H,6H2,1-5H3/b21-14-. The van der Waals surface area contributed by atoms with Crippen molar-refractivity contribution >= 4 is 35.4 Å². The van der Waals surface area contributed by atoms with Gasteiger partial charge < -0.3 is 4.74 Å². The number of rotatable bonds is 5. The highest BCUT2D eigenvalue weighted by molar-refractivity contribution is 7.98. The van der Waals surface area contributed by atoms with E-state index in [1.54, 1.807) is 36.6 Å². The van der Waals surface area contributed by atoms with Crippen molar-refractivity contribution in [2.75, 3.05) is 17.8 Å². The zero-order valence-electron chi connectivity index (χ0n) is 17.4. The first-order chi connectivity index (χ1) is 13.9. The van der Waals surface area contributed by atoms with Crippen molar-refractivity contribution in [3.05, 3.63) is 76.0 Å². The SMILES string of the molecule is CCOC(=O)C1=C(C)N(c2ccc(C)c(C)c2)C(=O)/C1=C\c1ccc(SC)cc1. The molecule has 2 aromatic carbocycles. The summed E-state index contributed by atoms with van der Waals surface area (Å²) >= 11 is 1.65. The van der Waals surface area contributed by atoms with Crippen LogP contribution in [0.2, 0.25) is 0 Å². The molecule has 4 nitrogen and oxygen atoms in total. The number of nitrogens with zero attached hydrogens (tertiary/aromatic N) is 1. The number of amides is 1. The minimum absolute atomic E-state index is 0.220. The van der Waals surface area contributed by atoms with Crippen molar-refractivity contribution in [3.8, 4) is 0 Å². The summed E-state index contributed by atoms with van der Waals surface area (Å²) in [5, 5.41) is 0. The maximum absolute atomic E-state index is 13.4. The van der Waals surface area contributed by atoms with Gasteiger partial charge in [0.15, 0.2) is 0 Å². The van der Waals surface area contributed by atoms with E-state index in [1.807, 2.05) is 62.6 Å². The van der Waals surface area contributed by atoms with Gasteiger partial charge in [0.2, 0.25) is 0 Å². The second-order valence-corrected chi connectivity index (χ2v) is 7.80. The van der Waals surface area contributed by atoms with Gasteiger partial charge in [0.25, 0.3) is 5.91 Å². The van der Waals surface area contributed by atoms with Gasteiger partial charge >= 0.3 is 5.97 Å². The van der Waals surface area contributed by atoms with E-state index in [4.69, 9.17) is 4.74 Å². The Morgan fingerprint density at radius 3 is 2.34 bits per heavy atom. The molecule has 3 rings (SSSR count). The highest BCUT2D eigenvalue weighted by Gasteiger charge is 2.38. The molecule has 0 atom stereocenters. The largest absolute Gasteiger partial charge is 0.462 e. The van der Waals surface area contributed by atoms with Crippen LogP contribution in [0, 0.1) is 13.8 Å². The highest BCUT2D eigenvalue weighted by atomic mass is 32.2. The molecule has 0 spiro atoms. The average molecular weight is 408 g/mol. The summed E-state index contributed by atoms with van der Waals surface area (Å²) < 4.78 is 5.26. The van der Waals surface area contributed by atoms with Gasteiger partial charge in [-0.2, -0.15) is 0 Å². The van der Waals surface area contributed by atoms with Gasteiger partial charge in [-0.25, -0.2) is 4.79 Å². The van der Waals surface area contributed by atoms with E-state index < -0.39 is 5.97 Å². The molecule has 0 aromatic heterocycles. The van der Waals surface area contributed by atoms with E-state index in [9.17, 15) is 9.59 Å². The summed E-state index contributed by atoms with van der Waals surface area (Å²) in [6, 6.07) is 13.7. The van der Waals surface area contributed by atoms with Crippen molar-refractivity contribution in [2.45, 2.75) is 32.6 Å². The predicted molar refractivity (Wildman–Crippen MR) is 119 cm³/mol. The topological polar surface area (TPSA) is 46.6 Å². The Kier molecular flexibility index (Phi) is 6.28. The van der Waals surface area contributed by atoms with Crippen LogP contribution < -0.4 is 4.90 Å². The van der Waals surface area contributed by atoms with Crippen molar-refractivity contribution in [1.29, 1.82) is 0 Å². The minimum atomic E-state index is -0.475. The third-order valence-corrected chi connectivity index (χ3v) is 5.80. The van der Waals surface area contributed by atoms with Crippen LogP contribution in [0.4, 0.5) is 5.69 Å². The lowest BCUT2D eigenvalue weighted by Crippen LogP contribution is -2.24. The van der Waals surface area contributed by atoms with Crippen molar-refractivity contribution < 1.29 is 14.3 Å². The second kappa shape index (κ2) is 8.70. The number of benzene rings is 2. The molecular formula is C24H25NO3S. The van der Waals surface area contributed by atoms with E-state index >= 15 is 0 Å². The molecule has 2 aromatic rings. The number of hydrogen-bond acceptors (Lipinski definition) is 4. The number of esters is 1. The minimum Gasteiger partial charge on any atom is -0.462 e. The van der Waals surface area contributed by atoms with Gasteiger partial charge in [0, 0.05) is 16.3 Å². The van der Waals surface area contributed by atoms with Crippen LogP contribution in [0.5, 0.6) is 0 Å². The lowest BCUT2D eigenvalue weighted by molar-refractivity contribution is -0.138. The summed E-state index contributed by atoms with van der Waals surface area (Å²) in [4.78, 5) is 28.8. The van der Waals surface area contributed by atoms with Crippen LogP contribution in [-0.2, 0) is 14.3 Å². The Morgan fingerprint density at radius 2 is 1.76 bits per heavy atom. The van der Waals surface area contributed by atoms with Crippen LogP contribution in [0.1, 0.15) is 30.5 Å². The summed E-state index contributed by atoms with van der Waals surface area (Å²) in [5.41, 5.74) is 5.12. The van der Waals surface area contributed by atoms with E-state index in [0.29, 0.717) is 16.8 Å². The molecular weight excluding hydrogens is 382 g/mol. The zero-order valence-corrected chi connectivity index (χ0v) is 18.2. The van der Waals surface area contributed by atoms with Crippen LogP contribution in [0.25, 0.3) is 6.08 Å². The first kappa shape index (κ1) is 20.9. The first-order valence-corrected chi connectivity index (χ1v) is 10.8. The Balaban J connectivity index is 2.11. The average Bonchev–Trinajstić information content (AvgIpc) is 2.95. The molecule has 0 aliphatic carbocycles. The van der Waals surface area contributed by atoms with Gasteiger partial charge in [-0.3, -0.25) is 9.69 Å². The third kappa shape index (κ3) is 4.15. The van der Waals surface area contributed by atoms with Crippen molar-refractivity contribution in [3.63, 3.8) is 0 Å². The Hall–Kier alpha value is -2.79. The molecule has 1 aliphatic rings. The third-order valence-electron chi connectivity index (χ3n) is 5.06. The fourth-order valence-corrected chi connectivity index (χ4v) is 3.73. The fraction of sp³-hybridized carbons (Fsp3) is 0.250. The summed E-state index contributed by atoms with van der Waals surface area (Å²) in [6.07, 6.45) is 3.78. The molecule has 0 saturated heterocycles. The van der Waals surface area contributed by atoms with E-state index in [2.05, 4.69) is 0 Å². The maximum atomic E-state index is 13.4. The number of allylic oxidation sites excluding steroid dienone is 1. The maximum Gasteiger partial charge on any atom is 0.340 e. The van der Waals surface area contributed by atoms with Gasteiger partial charge in [0.1, 0.15) is 0 Å². The van der Waals surface area contributed by atoms with Gasteiger partial charge in [-0.05, 0) is 81.0 Å². The van der Waals surface area contributed by atoms with Crippen LogP contribution >= 0.6 is 11.8 Å². The Bertz CT molecular complexity index is 1020. The zero-order chi connectivity index (χ0) is 21.1. The number of aryl methyl sites for hydroxylation is 2. The molecule has 0 unspecified atom stereocenters. The summed E-state index contributed by atoms with van der Waals surface area (Å²) in [5.74, 6) is -0.695. The molecule has 5 heteroatoms. The summed E-state index contributed by atoms with van der Waals surface area (Å²) in [7, 11) is 0. The fourth-order valence-electron chi connectivity index (χ4n) is 3.32. The van der Waals surface area contributed by atoms with Crippen LogP contribution in [0.3, 0.4) is 0 Å². The smallest absolute Gasteiger partial charge is 0.340 e. The molecule has 0 N–H and O–H groups in total. The molecule has 150 valence electrons. The number of ether oxygens (including phenoxy) is 1. The van der Waals surface area contributed by atoms with E-state index in [0.717, 1.165) is 27.3 Å². The quantitative estimate of drug-likeness (QED) is 0.384. The molecule has 0 bridgehead atoms. The monoisotopic (exact) mass is 407 g/mol. The van der Waals surface area contributed by atoms with Crippen molar-refractivity contribution in [2.24, 2.45) is 0 Å². The number of carbonyl (C=O) groups excluding carboxylic acids is 2. The normalized spacial score (nSPS) is 15.4. The summed E-state index contributed by atoms with van der Waals surface area (Å²) in [6.45, 7) is 7.84. The van der Waals surface area contributed by atoms with E-state index in [1.165, 1.54) is 0 Å². The Morgan fingerprint density at radius 1 is 1.07 bits per heavy atom.